The van der Waals surface area contributed by atoms with Crippen molar-refractivity contribution < 1.29 is 9.13 Å². The molecule has 0 spiro atoms. The second kappa shape index (κ2) is 10.2. The molecule has 7 aromatic rings. The highest BCUT2D eigenvalue weighted by Crippen LogP contribution is 2.36. The predicted octanol–water partition coefficient (Wildman–Crippen LogP) is 9.50. The number of nitrogens with zero attached hydrogens (tertiary/aromatic N) is 4. The zero-order chi connectivity index (χ0) is 29.8. The van der Waals surface area contributed by atoms with Crippen molar-refractivity contribution in [3.8, 4) is 34.1 Å². The van der Waals surface area contributed by atoms with Gasteiger partial charge in [0.2, 0.25) is 0 Å². The van der Waals surface area contributed by atoms with Crippen LogP contribution in [0.2, 0.25) is 0 Å². The number of fused-ring (bicyclic) bond motifs is 3. The highest BCUT2D eigenvalue weighted by molar-refractivity contribution is 6.09. The maximum atomic E-state index is 14.2. The molecule has 6 heteroatoms. The van der Waals surface area contributed by atoms with Crippen molar-refractivity contribution in [1.82, 2.24) is 19.3 Å². The van der Waals surface area contributed by atoms with Crippen molar-refractivity contribution in [1.29, 1.82) is 0 Å². The summed E-state index contributed by atoms with van der Waals surface area (Å²) in [5.41, 5.74) is 11.7. The number of halogens is 1. The molecular formula is C37H31FN4O. The maximum Gasteiger partial charge on any atom is 0.140 e. The summed E-state index contributed by atoms with van der Waals surface area (Å²) in [5, 5.41) is 6.82. The van der Waals surface area contributed by atoms with Crippen LogP contribution in [0.5, 0.6) is 11.5 Å². The predicted molar refractivity (Wildman–Crippen MR) is 171 cm³/mol. The number of pyridine rings is 1. The fraction of sp³-hybridized carbons (Fsp3) is 0.135. The smallest absolute Gasteiger partial charge is 0.140 e. The molecule has 212 valence electrons. The van der Waals surface area contributed by atoms with E-state index < -0.39 is 0 Å². The van der Waals surface area contributed by atoms with Gasteiger partial charge in [-0.2, -0.15) is 5.10 Å². The van der Waals surface area contributed by atoms with Crippen molar-refractivity contribution in [2.45, 2.75) is 34.6 Å². The first kappa shape index (κ1) is 26.7. The van der Waals surface area contributed by atoms with Crippen LogP contribution in [0.15, 0.2) is 97.5 Å². The van der Waals surface area contributed by atoms with E-state index in [4.69, 9.17) is 9.84 Å². The van der Waals surface area contributed by atoms with Gasteiger partial charge in [-0.1, -0.05) is 24.3 Å². The Morgan fingerprint density at radius 3 is 2.19 bits per heavy atom. The van der Waals surface area contributed by atoms with Crippen molar-refractivity contribution >= 4 is 21.8 Å². The molecule has 0 bridgehead atoms. The Hall–Kier alpha value is -5.23. The Morgan fingerprint density at radius 1 is 0.674 bits per heavy atom. The van der Waals surface area contributed by atoms with Crippen molar-refractivity contribution in [3.05, 3.63) is 131 Å². The zero-order valence-corrected chi connectivity index (χ0v) is 24.8. The van der Waals surface area contributed by atoms with Gasteiger partial charge < -0.3 is 4.74 Å². The maximum absolute atomic E-state index is 14.2. The molecule has 0 aliphatic carbocycles. The lowest BCUT2D eigenvalue weighted by Crippen LogP contribution is -1.99. The lowest BCUT2D eigenvalue weighted by molar-refractivity contribution is 0.483. The monoisotopic (exact) mass is 566 g/mol. The van der Waals surface area contributed by atoms with E-state index in [0.29, 0.717) is 17.3 Å². The molecule has 4 aromatic carbocycles. The lowest BCUT2D eigenvalue weighted by atomic mass is 9.87. The number of hydrogen-bond acceptors (Lipinski definition) is 3. The Labute approximate surface area is 249 Å². The van der Waals surface area contributed by atoms with E-state index in [1.54, 1.807) is 0 Å². The van der Waals surface area contributed by atoms with Crippen LogP contribution in [-0.2, 0) is 0 Å². The third-order valence-corrected chi connectivity index (χ3v) is 8.77. The van der Waals surface area contributed by atoms with Gasteiger partial charge in [0, 0.05) is 46.9 Å². The molecule has 7 rings (SSSR count). The van der Waals surface area contributed by atoms with Gasteiger partial charge in [0.25, 0.3) is 0 Å². The van der Waals surface area contributed by atoms with Gasteiger partial charge in [-0.25, -0.2) is 14.1 Å². The number of hydrogen-bond donors (Lipinski definition) is 0. The summed E-state index contributed by atoms with van der Waals surface area (Å²) >= 11 is 0. The number of ether oxygens (including phenoxy) is 1. The van der Waals surface area contributed by atoms with Crippen molar-refractivity contribution in [3.63, 3.8) is 0 Å². The van der Waals surface area contributed by atoms with E-state index in [2.05, 4.69) is 51.9 Å². The van der Waals surface area contributed by atoms with Crippen LogP contribution in [0.25, 0.3) is 44.4 Å². The van der Waals surface area contributed by atoms with Crippen LogP contribution >= 0.6 is 0 Å². The zero-order valence-electron chi connectivity index (χ0n) is 24.8. The Bertz CT molecular complexity index is 2160. The summed E-state index contributed by atoms with van der Waals surface area (Å²) in [5.74, 6) is 1.54. The number of benzene rings is 4. The van der Waals surface area contributed by atoms with Gasteiger partial charge in [0.1, 0.15) is 23.1 Å². The molecule has 0 radical (unpaired) electrons. The lowest BCUT2D eigenvalue weighted by Gasteiger charge is -2.17. The molecule has 0 N–H and O–H groups in total. The van der Waals surface area contributed by atoms with Crippen LogP contribution in [0.4, 0.5) is 4.39 Å². The largest absolute Gasteiger partial charge is 0.457 e. The van der Waals surface area contributed by atoms with Crippen LogP contribution in [-0.4, -0.2) is 19.3 Å². The summed E-state index contributed by atoms with van der Waals surface area (Å²) < 4.78 is 24.5. The first-order valence-electron chi connectivity index (χ1n) is 14.4. The summed E-state index contributed by atoms with van der Waals surface area (Å²) in [6, 6.07) is 24.8. The summed E-state index contributed by atoms with van der Waals surface area (Å²) in [6.45, 7) is 11.0. The molecule has 0 aliphatic heterocycles. The van der Waals surface area contributed by atoms with Crippen LogP contribution in [0, 0.1) is 40.4 Å². The Morgan fingerprint density at radius 2 is 1.40 bits per heavy atom. The van der Waals surface area contributed by atoms with Gasteiger partial charge in [-0.05, 0) is 104 Å². The molecule has 0 amide bonds. The molecular weight excluding hydrogens is 535 g/mol. The topological polar surface area (TPSA) is 44.9 Å². The van der Waals surface area contributed by atoms with E-state index in [9.17, 15) is 4.39 Å². The first-order valence-corrected chi connectivity index (χ1v) is 14.4. The van der Waals surface area contributed by atoms with Gasteiger partial charge in [-0.15, -0.1) is 0 Å². The van der Waals surface area contributed by atoms with Crippen molar-refractivity contribution in [2.24, 2.45) is 0 Å². The minimum atomic E-state index is -0.333. The SMILES string of the molecule is Cc1c(C)c(C)c(-c2cnn(-c3cccc(Oc4ccc5c6ccccc6n(-c6cc(F)ccn6)c5c4)c3)c2)c(C)c1C. The van der Waals surface area contributed by atoms with Crippen LogP contribution < -0.4 is 4.74 Å². The van der Waals surface area contributed by atoms with E-state index in [1.165, 1.54) is 51.7 Å². The quantitative estimate of drug-likeness (QED) is 0.208. The second-order valence-electron chi connectivity index (χ2n) is 11.1. The van der Waals surface area contributed by atoms with E-state index in [0.717, 1.165) is 33.1 Å². The molecule has 0 unspecified atom stereocenters. The molecule has 5 nitrogen and oxygen atoms in total. The van der Waals surface area contributed by atoms with Gasteiger partial charge in [-0.3, -0.25) is 4.57 Å². The summed E-state index contributed by atoms with van der Waals surface area (Å²) in [7, 11) is 0. The standard InChI is InChI=1S/C37H31FN4O/c1-22-23(2)25(4)37(26(5)24(22)3)27-20-40-41(21-27)29-9-8-10-30(18-29)43-31-13-14-33-32-11-6-7-12-34(32)42(35(33)19-31)36-17-28(38)15-16-39-36/h6-21H,1-5H3. The summed E-state index contributed by atoms with van der Waals surface area (Å²) in [6.07, 6.45) is 5.50. The summed E-state index contributed by atoms with van der Waals surface area (Å²) in [4.78, 5) is 4.46. The minimum Gasteiger partial charge on any atom is -0.457 e. The van der Waals surface area contributed by atoms with Crippen LogP contribution in [0.1, 0.15) is 27.8 Å². The molecule has 0 aliphatic rings. The average Bonchev–Trinajstić information content (AvgIpc) is 3.62. The molecule has 43 heavy (non-hydrogen) atoms. The molecule has 0 saturated heterocycles. The van der Waals surface area contributed by atoms with Crippen molar-refractivity contribution in [2.75, 3.05) is 0 Å². The van der Waals surface area contributed by atoms with Gasteiger partial charge in [0.15, 0.2) is 0 Å². The Kier molecular flexibility index (Phi) is 6.35. The number of rotatable bonds is 5. The molecule has 0 saturated carbocycles. The van der Waals surface area contributed by atoms with Crippen LogP contribution in [0.3, 0.4) is 0 Å². The molecule has 0 fully saturated rings. The normalized spacial score (nSPS) is 11.5. The highest BCUT2D eigenvalue weighted by atomic mass is 19.1. The highest BCUT2D eigenvalue weighted by Gasteiger charge is 2.17. The number of aromatic nitrogens is 4. The second-order valence-corrected chi connectivity index (χ2v) is 11.1. The first-order chi connectivity index (χ1) is 20.8. The third-order valence-electron chi connectivity index (χ3n) is 8.77. The van der Waals surface area contributed by atoms with E-state index in [-0.39, 0.29) is 5.82 Å². The third kappa shape index (κ3) is 4.47. The van der Waals surface area contributed by atoms with E-state index in [1.807, 2.05) is 76.1 Å². The molecule has 0 atom stereocenters. The average molecular weight is 567 g/mol. The Balaban J connectivity index is 1.25. The fourth-order valence-corrected chi connectivity index (χ4v) is 6.13. The molecule has 3 heterocycles. The number of para-hydroxylation sites is 1. The fourth-order valence-electron chi connectivity index (χ4n) is 6.13. The minimum absolute atomic E-state index is 0.333. The molecule has 3 aromatic heterocycles. The van der Waals surface area contributed by atoms with Gasteiger partial charge in [0.05, 0.1) is 22.9 Å². The van der Waals surface area contributed by atoms with E-state index >= 15 is 0 Å². The van der Waals surface area contributed by atoms with Gasteiger partial charge >= 0.3 is 0 Å².